The molecule has 0 atom stereocenters. The smallest absolute Gasteiger partial charge is 0.194 e. The molecule has 0 unspecified atom stereocenters. The van der Waals surface area contributed by atoms with Crippen molar-refractivity contribution in [1.29, 1.82) is 0 Å². The van der Waals surface area contributed by atoms with E-state index in [9.17, 15) is 0 Å². The van der Waals surface area contributed by atoms with Crippen molar-refractivity contribution in [2.24, 2.45) is 12.0 Å². The minimum Gasteiger partial charge on any atom is -0.357 e. The van der Waals surface area contributed by atoms with E-state index in [2.05, 4.69) is 39.1 Å². The summed E-state index contributed by atoms with van der Waals surface area (Å²) in [4.78, 5) is 16.8. The number of aromatic nitrogens is 4. The summed E-state index contributed by atoms with van der Waals surface area (Å²) in [5.41, 5.74) is 1.13. The zero-order valence-corrected chi connectivity index (χ0v) is 15.3. The van der Waals surface area contributed by atoms with Gasteiger partial charge in [0.15, 0.2) is 5.96 Å². The van der Waals surface area contributed by atoms with Crippen molar-refractivity contribution >= 4 is 17.3 Å². The lowest BCUT2D eigenvalue weighted by atomic mass is 10.3. The summed E-state index contributed by atoms with van der Waals surface area (Å²) in [6.45, 7) is 8.43. The Kier molecular flexibility index (Phi) is 6.09. The van der Waals surface area contributed by atoms with E-state index in [4.69, 9.17) is 4.99 Å². The third-order valence-corrected chi connectivity index (χ3v) is 4.61. The topological polar surface area (TPSA) is 71.2 Å². The zero-order valence-electron chi connectivity index (χ0n) is 14.5. The van der Waals surface area contributed by atoms with Gasteiger partial charge in [0.2, 0.25) is 0 Å². The predicted octanol–water partition coefficient (Wildman–Crippen LogP) is 1.53. The van der Waals surface area contributed by atoms with Crippen LogP contribution in [0.2, 0.25) is 0 Å². The molecule has 0 amide bonds. The maximum atomic E-state index is 4.72. The van der Waals surface area contributed by atoms with Crippen LogP contribution in [0.3, 0.4) is 0 Å². The first kappa shape index (κ1) is 17.4. The van der Waals surface area contributed by atoms with E-state index in [1.54, 1.807) is 22.3 Å². The number of nitrogens with zero attached hydrogens (tertiary/aromatic N) is 6. The molecule has 0 radical (unpaired) electrons. The minimum absolute atomic E-state index is 0.668. The van der Waals surface area contributed by atoms with Crippen molar-refractivity contribution in [3.8, 4) is 0 Å². The van der Waals surface area contributed by atoms with Crippen LogP contribution in [-0.2, 0) is 20.0 Å². The van der Waals surface area contributed by atoms with Crippen LogP contribution in [-0.4, -0.2) is 50.7 Å². The molecule has 0 saturated heterocycles. The second-order valence-corrected chi connectivity index (χ2v) is 6.67. The molecular formula is C15H25N7S. The Morgan fingerprint density at radius 2 is 2.22 bits per heavy atom. The molecule has 1 N–H and O–H groups in total. The number of hydrogen-bond acceptors (Lipinski definition) is 5. The minimum atomic E-state index is 0.668. The Balaban J connectivity index is 1.98. The zero-order chi connectivity index (χ0) is 16.8. The lowest BCUT2D eigenvalue weighted by molar-refractivity contribution is 0.449. The second-order valence-electron chi connectivity index (χ2n) is 5.38. The summed E-state index contributed by atoms with van der Waals surface area (Å²) in [5, 5.41) is 8.55. The Bertz CT molecular complexity index is 659. The fraction of sp³-hybridized carbons (Fsp3) is 0.600. The molecule has 2 aromatic heterocycles. The van der Waals surface area contributed by atoms with E-state index in [0.717, 1.165) is 42.0 Å². The molecule has 0 spiro atoms. The quantitative estimate of drug-likeness (QED) is 0.640. The molecule has 2 heterocycles. The highest BCUT2D eigenvalue weighted by Gasteiger charge is 2.10. The largest absolute Gasteiger partial charge is 0.357 e. The number of nitrogens with one attached hydrogen (secondary N) is 1. The van der Waals surface area contributed by atoms with Gasteiger partial charge in [-0.05, 0) is 20.8 Å². The fourth-order valence-corrected chi connectivity index (χ4v) is 3.21. The van der Waals surface area contributed by atoms with E-state index < -0.39 is 0 Å². The van der Waals surface area contributed by atoms with Crippen molar-refractivity contribution < 1.29 is 0 Å². The van der Waals surface area contributed by atoms with Crippen LogP contribution < -0.4 is 5.32 Å². The summed E-state index contributed by atoms with van der Waals surface area (Å²) >= 11 is 1.76. The van der Waals surface area contributed by atoms with E-state index >= 15 is 0 Å². The van der Waals surface area contributed by atoms with Crippen molar-refractivity contribution in [3.05, 3.63) is 27.7 Å². The van der Waals surface area contributed by atoms with E-state index in [1.807, 2.05) is 21.0 Å². The summed E-state index contributed by atoms with van der Waals surface area (Å²) in [6, 6.07) is 0. The van der Waals surface area contributed by atoms with Crippen molar-refractivity contribution in [2.75, 3.05) is 20.1 Å². The van der Waals surface area contributed by atoms with Gasteiger partial charge in [-0.2, -0.15) is 5.10 Å². The molecule has 23 heavy (non-hydrogen) atoms. The molecule has 8 heteroatoms. The Labute approximate surface area is 141 Å². The van der Waals surface area contributed by atoms with E-state index in [1.165, 1.54) is 4.88 Å². The average molecular weight is 335 g/mol. The molecule has 2 rings (SSSR count). The van der Waals surface area contributed by atoms with Crippen LogP contribution in [0.15, 0.2) is 11.3 Å². The molecule has 0 saturated carbocycles. The number of thiazole rings is 1. The third-order valence-electron chi connectivity index (χ3n) is 3.48. The van der Waals surface area contributed by atoms with Crippen LogP contribution in [0.25, 0.3) is 0 Å². The van der Waals surface area contributed by atoms with Gasteiger partial charge >= 0.3 is 0 Å². The highest BCUT2D eigenvalue weighted by Crippen LogP contribution is 2.17. The van der Waals surface area contributed by atoms with Gasteiger partial charge in [0, 0.05) is 38.5 Å². The molecule has 0 aromatic carbocycles. The van der Waals surface area contributed by atoms with Crippen LogP contribution in [0.5, 0.6) is 0 Å². The van der Waals surface area contributed by atoms with Gasteiger partial charge < -0.3 is 10.2 Å². The number of hydrogen-bond donors (Lipinski definition) is 1. The van der Waals surface area contributed by atoms with Gasteiger partial charge in [-0.1, -0.05) is 0 Å². The number of rotatable bonds is 6. The van der Waals surface area contributed by atoms with Gasteiger partial charge in [0.25, 0.3) is 0 Å². The lowest BCUT2D eigenvalue weighted by Crippen LogP contribution is -2.39. The summed E-state index contributed by atoms with van der Waals surface area (Å²) < 4.78 is 1.78. The number of aliphatic imine (C=N–C) groups is 1. The van der Waals surface area contributed by atoms with E-state index in [-0.39, 0.29) is 0 Å². The van der Waals surface area contributed by atoms with Crippen LogP contribution >= 0.6 is 11.3 Å². The Morgan fingerprint density at radius 3 is 2.78 bits per heavy atom. The van der Waals surface area contributed by atoms with Crippen molar-refractivity contribution in [1.82, 2.24) is 30.0 Å². The Morgan fingerprint density at radius 1 is 1.43 bits per heavy atom. The molecule has 0 aliphatic carbocycles. The van der Waals surface area contributed by atoms with Gasteiger partial charge in [-0.25, -0.2) is 9.97 Å². The van der Waals surface area contributed by atoms with Crippen molar-refractivity contribution in [3.63, 3.8) is 0 Å². The monoisotopic (exact) mass is 335 g/mol. The highest BCUT2D eigenvalue weighted by molar-refractivity contribution is 7.11. The first-order valence-corrected chi connectivity index (χ1v) is 8.58. The van der Waals surface area contributed by atoms with Gasteiger partial charge in [0.05, 0.1) is 17.2 Å². The SMILES string of the molecule is CCNC(=NCCc1sc(C)nc1C)N(C)Cc1ncnn1C. The molecule has 2 aromatic rings. The Hall–Kier alpha value is -1.96. The van der Waals surface area contributed by atoms with Gasteiger partial charge in [0.1, 0.15) is 12.2 Å². The first-order valence-electron chi connectivity index (χ1n) is 7.76. The first-order chi connectivity index (χ1) is 11.0. The van der Waals surface area contributed by atoms with Crippen LogP contribution in [0, 0.1) is 13.8 Å². The van der Waals surface area contributed by atoms with E-state index in [0.29, 0.717) is 6.54 Å². The predicted molar refractivity (Wildman–Crippen MR) is 93.7 cm³/mol. The summed E-state index contributed by atoms with van der Waals surface area (Å²) in [5.74, 6) is 1.79. The standard InChI is InChI=1S/C15H25N7S/c1-6-16-15(21(4)9-14-18-10-19-22(14)5)17-8-7-13-11(2)20-12(3)23-13/h10H,6-9H2,1-5H3,(H,16,17). The highest BCUT2D eigenvalue weighted by atomic mass is 32.1. The lowest BCUT2D eigenvalue weighted by Gasteiger charge is -2.21. The van der Waals surface area contributed by atoms with Crippen molar-refractivity contribution in [2.45, 2.75) is 33.7 Å². The number of guanidine groups is 1. The summed E-state index contributed by atoms with van der Waals surface area (Å²) in [7, 11) is 3.91. The average Bonchev–Trinajstić information content (AvgIpc) is 3.04. The molecule has 126 valence electrons. The summed E-state index contributed by atoms with van der Waals surface area (Å²) in [6.07, 6.45) is 2.49. The molecule has 0 aliphatic rings. The molecule has 0 bridgehead atoms. The van der Waals surface area contributed by atoms with Crippen LogP contribution in [0.4, 0.5) is 0 Å². The molecule has 0 aliphatic heterocycles. The van der Waals surface area contributed by atoms with Gasteiger partial charge in [-0.3, -0.25) is 9.67 Å². The second kappa shape index (κ2) is 8.05. The number of aryl methyl sites for hydroxylation is 3. The van der Waals surface area contributed by atoms with Crippen LogP contribution in [0.1, 0.15) is 28.3 Å². The maximum absolute atomic E-state index is 4.72. The fourth-order valence-electron chi connectivity index (χ4n) is 2.29. The maximum Gasteiger partial charge on any atom is 0.194 e. The molecular weight excluding hydrogens is 310 g/mol. The molecule has 0 fully saturated rings. The normalized spacial score (nSPS) is 11.8. The molecule has 7 nitrogen and oxygen atoms in total. The third kappa shape index (κ3) is 4.75. The van der Waals surface area contributed by atoms with Gasteiger partial charge in [-0.15, -0.1) is 11.3 Å².